The number of rotatable bonds is 6. The predicted octanol–water partition coefficient (Wildman–Crippen LogP) is 3.70. The van der Waals surface area contributed by atoms with Crippen LogP contribution in [0.3, 0.4) is 0 Å². The highest BCUT2D eigenvalue weighted by atomic mass is 16.3. The number of ketones is 1. The zero-order valence-corrected chi connectivity index (χ0v) is 15.2. The Bertz CT molecular complexity index is 727. The number of aromatic hydroxyl groups is 1. The summed E-state index contributed by atoms with van der Waals surface area (Å²) in [5.41, 5.74) is 2.44. The number of fused-ring (bicyclic) bond motifs is 1. The molecule has 2 aromatic rings. The third-order valence-corrected chi connectivity index (χ3v) is 6.03. The summed E-state index contributed by atoms with van der Waals surface area (Å²) in [6, 6.07) is 17.8. The van der Waals surface area contributed by atoms with Gasteiger partial charge in [-0.1, -0.05) is 42.5 Å². The van der Waals surface area contributed by atoms with Gasteiger partial charge < -0.3 is 5.11 Å². The number of benzene rings is 2. The molecular formula is C23H27NO2. The largest absolute Gasteiger partial charge is 0.508 e. The normalized spacial score (nSPS) is 25.3. The highest BCUT2D eigenvalue weighted by molar-refractivity contribution is 5.82. The standard InChI is InChI=1S/C23H27NO2/c25-22-8-6-18(7-9-22)13-23(26)16-24-14-20-11-19(12-21(20)15-24)10-17-4-2-1-3-5-17/h1-9,19-21,25H,10-16H2/t19?,20-,21?/m0/s1. The van der Waals surface area contributed by atoms with E-state index in [1.807, 2.05) is 12.1 Å². The molecule has 3 atom stereocenters. The molecule has 4 rings (SSSR count). The van der Waals surface area contributed by atoms with Gasteiger partial charge in [-0.05, 0) is 60.3 Å². The van der Waals surface area contributed by atoms with E-state index in [0.29, 0.717) is 13.0 Å². The summed E-state index contributed by atoms with van der Waals surface area (Å²) in [5.74, 6) is 2.87. The van der Waals surface area contributed by atoms with Crippen LogP contribution < -0.4 is 0 Å². The monoisotopic (exact) mass is 349 g/mol. The maximum absolute atomic E-state index is 12.4. The SMILES string of the molecule is O=C(Cc1ccc(O)cc1)CN1CC2CC(Cc3ccccc3)C[C@H]2C1. The van der Waals surface area contributed by atoms with E-state index < -0.39 is 0 Å². The van der Waals surface area contributed by atoms with Gasteiger partial charge in [-0.3, -0.25) is 9.69 Å². The summed E-state index contributed by atoms with van der Waals surface area (Å²) in [4.78, 5) is 14.7. The molecule has 26 heavy (non-hydrogen) atoms. The molecule has 3 nitrogen and oxygen atoms in total. The molecule has 0 spiro atoms. The third-order valence-electron chi connectivity index (χ3n) is 6.03. The first kappa shape index (κ1) is 17.3. The van der Waals surface area contributed by atoms with Crippen molar-refractivity contribution < 1.29 is 9.90 Å². The zero-order chi connectivity index (χ0) is 17.9. The Morgan fingerprint density at radius 3 is 2.23 bits per heavy atom. The summed E-state index contributed by atoms with van der Waals surface area (Å²) in [5, 5.41) is 9.33. The summed E-state index contributed by atoms with van der Waals surface area (Å²) in [7, 11) is 0. The first-order chi connectivity index (χ1) is 12.7. The maximum atomic E-state index is 12.4. The molecule has 1 heterocycles. The molecule has 0 aromatic heterocycles. The van der Waals surface area contributed by atoms with Crippen molar-refractivity contribution in [3.8, 4) is 5.75 Å². The number of Topliss-reactive ketones (excluding diaryl/α,β-unsaturated/α-hetero) is 1. The number of likely N-dealkylation sites (tertiary alicyclic amines) is 1. The molecule has 1 N–H and O–H groups in total. The zero-order valence-electron chi connectivity index (χ0n) is 15.2. The van der Waals surface area contributed by atoms with Gasteiger partial charge in [-0.15, -0.1) is 0 Å². The quantitative estimate of drug-likeness (QED) is 0.864. The van der Waals surface area contributed by atoms with Crippen LogP contribution in [0.15, 0.2) is 54.6 Å². The van der Waals surface area contributed by atoms with E-state index in [9.17, 15) is 9.90 Å². The average molecular weight is 349 g/mol. The Balaban J connectivity index is 1.24. The van der Waals surface area contributed by atoms with Crippen molar-refractivity contribution >= 4 is 5.78 Å². The van der Waals surface area contributed by atoms with Crippen molar-refractivity contribution in [1.82, 2.24) is 4.90 Å². The molecule has 1 saturated carbocycles. The molecule has 0 radical (unpaired) electrons. The molecule has 2 unspecified atom stereocenters. The van der Waals surface area contributed by atoms with E-state index in [4.69, 9.17) is 0 Å². The number of phenolic OH excluding ortho intramolecular Hbond substituents is 1. The number of hydrogen-bond acceptors (Lipinski definition) is 3. The lowest BCUT2D eigenvalue weighted by atomic mass is 9.96. The van der Waals surface area contributed by atoms with Gasteiger partial charge in [0.2, 0.25) is 0 Å². The Morgan fingerprint density at radius 2 is 1.58 bits per heavy atom. The van der Waals surface area contributed by atoms with Crippen LogP contribution in [0.2, 0.25) is 0 Å². The minimum absolute atomic E-state index is 0.249. The molecule has 3 heteroatoms. The third kappa shape index (κ3) is 4.16. The first-order valence-corrected chi connectivity index (χ1v) is 9.71. The van der Waals surface area contributed by atoms with Crippen LogP contribution in [0.1, 0.15) is 24.0 Å². The second kappa shape index (κ2) is 7.63. The Hall–Kier alpha value is -2.13. The highest BCUT2D eigenvalue weighted by Gasteiger charge is 2.40. The van der Waals surface area contributed by atoms with Crippen molar-refractivity contribution in [1.29, 1.82) is 0 Å². The molecule has 1 aliphatic heterocycles. The van der Waals surface area contributed by atoms with Crippen LogP contribution in [-0.2, 0) is 17.6 Å². The number of nitrogens with zero attached hydrogens (tertiary/aromatic N) is 1. The molecule has 0 bridgehead atoms. The number of carbonyl (C=O) groups is 1. The van der Waals surface area contributed by atoms with Gasteiger partial charge >= 0.3 is 0 Å². The lowest BCUT2D eigenvalue weighted by Crippen LogP contribution is -2.30. The smallest absolute Gasteiger partial charge is 0.151 e. The van der Waals surface area contributed by atoms with Gasteiger partial charge in [0.05, 0.1) is 6.54 Å². The second-order valence-electron chi connectivity index (χ2n) is 8.12. The van der Waals surface area contributed by atoms with E-state index in [0.717, 1.165) is 36.4 Å². The molecule has 136 valence electrons. The molecule has 2 fully saturated rings. The topological polar surface area (TPSA) is 40.5 Å². The summed E-state index contributed by atoms with van der Waals surface area (Å²) < 4.78 is 0. The van der Waals surface area contributed by atoms with Crippen LogP contribution in [0, 0.1) is 17.8 Å². The Kier molecular flexibility index (Phi) is 5.07. The summed E-state index contributed by atoms with van der Waals surface area (Å²) in [6.07, 6.45) is 4.28. The van der Waals surface area contributed by atoms with Crippen molar-refractivity contribution in [3.05, 3.63) is 65.7 Å². The molecule has 2 aromatic carbocycles. The molecular weight excluding hydrogens is 322 g/mol. The lowest BCUT2D eigenvalue weighted by Gasteiger charge is -2.18. The fraction of sp³-hybridized carbons (Fsp3) is 0.435. The van der Waals surface area contributed by atoms with Gasteiger partial charge in [0, 0.05) is 19.5 Å². The average Bonchev–Trinajstić information content (AvgIpc) is 3.15. The summed E-state index contributed by atoms with van der Waals surface area (Å²) in [6.45, 7) is 2.73. The minimum Gasteiger partial charge on any atom is -0.508 e. The molecule has 0 amide bonds. The van der Waals surface area contributed by atoms with Gasteiger partial charge in [0.25, 0.3) is 0 Å². The van der Waals surface area contributed by atoms with E-state index in [-0.39, 0.29) is 11.5 Å². The van der Waals surface area contributed by atoms with Gasteiger partial charge in [-0.2, -0.15) is 0 Å². The molecule has 1 aliphatic carbocycles. The van der Waals surface area contributed by atoms with E-state index in [2.05, 4.69) is 35.2 Å². The van der Waals surface area contributed by atoms with E-state index in [1.165, 1.54) is 24.8 Å². The van der Waals surface area contributed by atoms with Crippen molar-refractivity contribution in [2.24, 2.45) is 17.8 Å². The van der Waals surface area contributed by atoms with Crippen molar-refractivity contribution in [2.75, 3.05) is 19.6 Å². The van der Waals surface area contributed by atoms with Gasteiger partial charge in [0.15, 0.2) is 5.78 Å². The van der Waals surface area contributed by atoms with Crippen molar-refractivity contribution in [2.45, 2.75) is 25.7 Å². The van der Waals surface area contributed by atoms with Crippen LogP contribution >= 0.6 is 0 Å². The van der Waals surface area contributed by atoms with Crippen LogP contribution in [0.4, 0.5) is 0 Å². The van der Waals surface area contributed by atoms with Crippen molar-refractivity contribution in [3.63, 3.8) is 0 Å². The molecule has 2 aliphatic rings. The van der Waals surface area contributed by atoms with Crippen LogP contribution in [0.5, 0.6) is 5.75 Å². The highest BCUT2D eigenvalue weighted by Crippen LogP contribution is 2.42. The fourth-order valence-corrected chi connectivity index (χ4v) is 4.91. The van der Waals surface area contributed by atoms with Crippen LogP contribution in [0.25, 0.3) is 0 Å². The summed E-state index contributed by atoms with van der Waals surface area (Å²) >= 11 is 0. The number of hydrogen-bond donors (Lipinski definition) is 1. The van der Waals surface area contributed by atoms with Crippen LogP contribution in [-0.4, -0.2) is 35.4 Å². The second-order valence-corrected chi connectivity index (χ2v) is 8.12. The predicted molar refractivity (Wildman–Crippen MR) is 103 cm³/mol. The maximum Gasteiger partial charge on any atom is 0.151 e. The lowest BCUT2D eigenvalue weighted by molar-refractivity contribution is -0.119. The first-order valence-electron chi connectivity index (χ1n) is 9.71. The number of phenols is 1. The fourth-order valence-electron chi connectivity index (χ4n) is 4.91. The van der Waals surface area contributed by atoms with Gasteiger partial charge in [0.1, 0.15) is 5.75 Å². The molecule has 1 saturated heterocycles. The minimum atomic E-state index is 0.249. The Labute approximate surface area is 155 Å². The number of carbonyl (C=O) groups excluding carboxylic acids is 1. The Morgan fingerprint density at radius 1 is 0.923 bits per heavy atom. The van der Waals surface area contributed by atoms with E-state index >= 15 is 0 Å². The van der Waals surface area contributed by atoms with Gasteiger partial charge in [-0.25, -0.2) is 0 Å². The van der Waals surface area contributed by atoms with E-state index in [1.54, 1.807) is 12.1 Å².